The quantitative estimate of drug-likeness (QED) is 0.781. The summed E-state index contributed by atoms with van der Waals surface area (Å²) < 4.78 is 24.2. The number of ketones is 1. The minimum Gasteiger partial charge on any atom is -0.497 e. The summed E-state index contributed by atoms with van der Waals surface area (Å²) in [6, 6.07) is 11.7. The van der Waals surface area contributed by atoms with E-state index in [0.717, 1.165) is 11.3 Å². The molecule has 2 aromatic carbocycles. The van der Waals surface area contributed by atoms with Crippen LogP contribution in [0.25, 0.3) is 0 Å². The zero-order chi connectivity index (χ0) is 14.5. The van der Waals surface area contributed by atoms with E-state index >= 15 is 0 Å². The maximum Gasteiger partial charge on any atom is 0.166 e. The molecule has 0 bridgehead atoms. The molecular formula is C16H15FO3. The minimum absolute atomic E-state index is 0.0130. The second-order valence-electron chi connectivity index (χ2n) is 4.31. The van der Waals surface area contributed by atoms with Gasteiger partial charge in [0, 0.05) is 0 Å². The number of hydrogen-bond donors (Lipinski definition) is 0. The Hall–Kier alpha value is -2.36. The smallest absolute Gasteiger partial charge is 0.166 e. The van der Waals surface area contributed by atoms with Crippen molar-refractivity contribution < 1.29 is 18.7 Å². The van der Waals surface area contributed by atoms with Crippen LogP contribution in [0.3, 0.4) is 0 Å². The fourth-order valence-corrected chi connectivity index (χ4v) is 1.85. The van der Waals surface area contributed by atoms with Crippen molar-refractivity contribution in [2.45, 2.75) is 13.5 Å². The molecule has 4 heteroatoms. The van der Waals surface area contributed by atoms with Crippen LogP contribution in [-0.2, 0) is 6.61 Å². The largest absolute Gasteiger partial charge is 0.497 e. The topological polar surface area (TPSA) is 35.5 Å². The van der Waals surface area contributed by atoms with Crippen LogP contribution < -0.4 is 9.47 Å². The van der Waals surface area contributed by atoms with Crippen molar-refractivity contribution in [1.29, 1.82) is 0 Å². The SMILES string of the molecule is COc1ccc(COc2cccc(F)c2C(C)=O)cc1. The molecule has 0 aliphatic heterocycles. The number of halogens is 1. The molecule has 0 spiro atoms. The highest BCUT2D eigenvalue weighted by Crippen LogP contribution is 2.23. The highest BCUT2D eigenvalue weighted by atomic mass is 19.1. The van der Waals surface area contributed by atoms with E-state index in [9.17, 15) is 9.18 Å². The molecule has 20 heavy (non-hydrogen) atoms. The lowest BCUT2D eigenvalue weighted by atomic mass is 10.1. The number of ether oxygens (including phenoxy) is 2. The van der Waals surface area contributed by atoms with Crippen molar-refractivity contribution in [2.75, 3.05) is 7.11 Å². The molecule has 0 unspecified atom stereocenters. The molecule has 0 N–H and O–H groups in total. The van der Waals surface area contributed by atoms with Gasteiger partial charge in [0.05, 0.1) is 12.7 Å². The second-order valence-corrected chi connectivity index (χ2v) is 4.31. The number of carbonyl (C=O) groups is 1. The van der Waals surface area contributed by atoms with Gasteiger partial charge in [-0.3, -0.25) is 4.79 Å². The molecule has 0 aromatic heterocycles. The van der Waals surface area contributed by atoms with E-state index < -0.39 is 5.82 Å². The Morgan fingerprint density at radius 2 is 1.85 bits per heavy atom. The van der Waals surface area contributed by atoms with Crippen molar-refractivity contribution in [2.24, 2.45) is 0 Å². The van der Waals surface area contributed by atoms with Gasteiger partial charge in [-0.2, -0.15) is 0 Å². The summed E-state index contributed by atoms with van der Waals surface area (Å²) in [5, 5.41) is 0. The van der Waals surface area contributed by atoms with Crippen LogP contribution >= 0.6 is 0 Å². The lowest BCUT2D eigenvalue weighted by Crippen LogP contribution is -2.04. The van der Waals surface area contributed by atoms with Crippen LogP contribution in [0, 0.1) is 5.82 Å². The number of Topliss-reactive ketones (excluding diaryl/α,β-unsaturated/α-hetero) is 1. The summed E-state index contributed by atoms with van der Waals surface area (Å²) in [5.41, 5.74) is 0.894. The Morgan fingerprint density at radius 1 is 1.15 bits per heavy atom. The van der Waals surface area contributed by atoms with Gasteiger partial charge >= 0.3 is 0 Å². The first-order valence-electron chi connectivity index (χ1n) is 6.17. The van der Waals surface area contributed by atoms with Gasteiger partial charge in [-0.1, -0.05) is 18.2 Å². The van der Waals surface area contributed by atoms with Crippen molar-refractivity contribution in [3.63, 3.8) is 0 Å². The van der Waals surface area contributed by atoms with Crippen LogP contribution in [0.15, 0.2) is 42.5 Å². The summed E-state index contributed by atoms with van der Waals surface area (Å²) >= 11 is 0. The number of rotatable bonds is 5. The molecule has 3 nitrogen and oxygen atoms in total. The summed E-state index contributed by atoms with van der Waals surface area (Å²) in [4.78, 5) is 11.4. The maximum absolute atomic E-state index is 13.6. The van der Waals surface area contributed by atoms with E-state index in [1.807, 2.05) is 24.3 Å². The van der Waals surface area contributed by atoms with Gasteiger partial charge in [0.25, 0.3) is 0 Å². The van der Waals surface area contributed by atoms with Gasteiger partial charge in [0.15, 0.2) is 5.78 Å². The molecule has 0 aliphatic carbocycles. The fourth-order valence-electron chi connectivity index (χ4n) is 1.85. The number of carbonyl (C=O) groups excluding carboxylic acids is 1. The molecule has 0 heterocycles. The van der Waals surface area contributed by atoms with E-state index in [-0.39, 0.29) is 23.7 Å². The predicted molar refractivity (Wildman–Crippen MR) is 73.7 cm³/mol. The van der Waals surface area contributed by atoms with Gasteiger partial charge in [-0.15, -0.1) is 0 Å². The number of benzene rings is 2. The van der Waals surface area contributed by atoms with Gasteiger partial charge in [0.2, 0.25) is 0 Å². The van der Waals surface area contributed by atoms with Gasteiger partial charge in [-0.05, 0) is 36.8 Å². The van der Waals surface area contributed by atoms with Crippen molar-refractivity contribution in [1.82, 2.24) is 0 Å². The summed E-state index contributed by atoms with van der Waals surface area (Å²) in [7, 11) is 1.59. The van der Waals surface area contributed by atoms with Gasteiger partial charge < -0.3 is 9.47 Å². The van der Waals surface area contributed by atoms with Crippen molar-refractivity contribution in [3.8, 4) is 11.5 Å². The molecule has 0 atom stereocenters. The van der Waals surface area contributed by atoms with Crippen LogP contribution in [0.5, 0.6) is 11.5 Å². The third-order valence-electron chi connectivity index (χ3n) is 2.88. The Morgan fingerprint density at radius 3 is 2.45 bits per heavy atom. The van der Waals surface area contributed by atoms with Crippen LogP contribution in [0.1, 0.15) is 22.8 Å². The molecule has 2 rings (SSSR count). The Kier molecular flexibility index (Phi) is 4.35. The highest BCUT2D eigenvalue weighted by molar-refractivity contribution is 5.97. The lowest BCUT2D eigenvalue weighted by molar-refractivity contribution is 0.100. The van der Waals surface area contributed by atoms with Gasteiger partial charge in [0.1, 0.15) is 23.9 Å². The number of hydrogen-bond acceptors (Lipinski definition) is 3. The van der Waals surface area contributed by atoms with Crippen LogP contribution in [-0.4, -0.2) is 12.9 Å². The first kappa shape index (κ1) is 14.1. The second kappa shape index (κ2) is 6.19. The van der Waals surface area contributed by atoms with Crippen molar-refractivity contribution in [3.05, 3.63) is 59.4 Å². The fraction of sp³-hybridized carbons (Fsp3) is 0.188. The third kappa shape index (κ3) is 3.15. The van der Waals surface area contributed by atoms with Gasteiger partial charge in [-0.25, -0.2) is 4.39 Å². The zero-order valence-corrected chi connectivity index (χ0v) is 11.4. The molecule has 0 radical (unpaired) electrons. The molecule has 104 valence electrons. The van der Waals surface area contributed by atoms with E-state index in [4.69, 9.17) is 9.47 Å². The monoisotopic (exact) mass is 274 g/mol. The number of methoxy groups -OCH3 is 1. The molecule has 0 saturated carbocycles. The summed E-state index contributed by atoms with van der Waals surface area (Å²) in [6.45, 7) is 1.58. The van der Waals surface area contributed by atoms with E-state index in [0.29, 0.717) is 0 Å². The Balaban J connectivity index is 2.14. The van der Waals surface area contributed by atoms with E-state index in [1.165, 1.54) is 19.1 Å². The zero-order valence-electron chi connectivity index (χ0n) is 11.4. The molecule has 2 aromatic rings. The predicted octanol–water partition coefficient (Wildman–Crippen LogP) is 3.62. The molecule has 0 aliphatic rings. The highest BCUT2D eigenvalue weighted by Gasteiger charge is 2.14. The lowest BCUT2D eigenvalue weighted by Gasteiger charge is -2.10. The van der Waals surface area contributed by atoms with Crippen LogP contribution in [0.4, 0.5) is 4.39 Å². The molecule has 0 fully saturated rings. The summed E-state index contributed by atoms with van der Waals surface area (Å²) in [5.74, 6) is 0.0924. The molecule has 0 saturated heterocycles. The molecule has 0 amide bonds. The average Bonchev–Trinajstić information content (AvgIpc) is 2.45. The van der Waals surface area contributed by atoms with E-state index in [2.05, 4.69) is 0 Å². The maximum atomic E-state index is 13.6. The first-order valence-corrected chi connectivity index (χ1v) is 6.17. The minimum atomic E-state index is -0.565. The summed E-state index contributed by atoms with van der Waals surface area (Å²) in [6.07, 6.45) is 0. The Bertz CT molecular complexity index is 606. The average molecular weight is 274 g/mol. The standard InChI is InChI=1S/C16H15FO3/c1-11(18)16-14(17)4-3-5-15(16)20-10-12-6-8-13(19-2)9-7-12/h3-9H,10H2,1-2H3. The first-order chi connectivity index (χ1) is 9.61. The van der Waals surface area contributed by atoms with E-state index in [1.54, 1.807) is 13.2 Å². The third-order valence-corrected chi connectivity index (χ3v) is 2.88. The van der Waals surface area contributed by atoms with Crippen LogP contribution in [0.2, 0.25) is 0 Å². The Labute approximate surface area is 117 Å². The normalized spacial score (nSPS) is 10.2. The van der Waals surface area contributed by atoms with Crippen molar-refractivity contribution >= 4 is 5.78 Å². The molecular weight excluding hydrogens is 259 g/mol.